The molecule has 3 N–H and O–H groups in total. The average molecular weight is 275 g/mol. The molecular weight excluding hydrogens is 266 g/mol. The molecule has 1 atom stereocenters. The summed E-state index contributed by atoms with van der Waals surface area (Å²) in [6.07, 6.45) is 2.95. The standard InChI is InChI=1S/C11H9N5O4/c12-4-7(3-6-1-2-20-5-6)8-9(16(18)19)10(17)15-11(13)14-8/h1-2,5,7H,3H2,(H3,13,14,15,17). The third kappa shape index (κ3) is 2.49. The maximum absolute atomic E-state index is 11.6. The van der Waals surface area contributed by atoms with Crippen LogP contribution >= 0.6 is 0 Å². The largest absolute Gasteiger partial charge is 0.472 e. The van der Waals surface area contributed by atoms with E-state index < -0.39 is 22.1 Å². The predicted molar refractivity (Wildman–Crippen MR) is 66.7 cm³/mol. The summed E-state index contributed by atoms with van der Waals surface area (Å²) in [5, 5.41) is 20.1. The summed E-state index contributed by atoms with van der Waals surface area (Å²) in [5.41, 5.74) is 4.04. The molecule has 0 aromatic carbocycles. The van der Waals surface area contributed by atoms with Crippen molar-refractivity contribution in [1.82, 2.24) is 9.97 Å². The molecule has 0 aliphatic carbocycles. The molecular formula is C11H9N5O4. The first-order valence-corrected chi connectivity index (χ1v) is 5.47. The van der Waals surface area contributed by atoms with Gasteiger partial charge in [0.25, 0.3) is 0 Å². The Morgan fingerprint density at radius 1 is 1.65 bits per heavy atom. The van der Waals surface area contributed by atoms with Gasteiger partial charge in [-0.05, 0) is 18.1 Å². The molecule has 0 bridgehead atoms. The van der Waals surface area contributed by atoms with E-state index in [1.54, 1.807) is 6.07 Å². The van der Waals surface area contributed by atoms with Crippen molar-refractivity contribution in [2.45, 2.75) is 12.3 Å². The fourth-order valence-corrected chi connectivity index (χ4v) is 1.77. The number of anilines is 1. The van der Waals surface area contributed by atoms with Crippen molar-refractivity contribution in [3.05, 3.63) is 50.3 Å². The minimum atomic E-state index is -0.982. The summed E-state index contributed by atoms with van der Waals surface area (Å²) in [5.74, 6) is -1.25. The van der Waals surface area contributed by atoms with E-state index in [2.05, 4.69) is 4.98 Å². The molecule has 0 radical (unpaired) electrons. The lowest BCUT2D eigenvalue weighted by Gasteiger charge is -2.07. The molecule has 2 heterocycles. The van der Waals surface area contributed by atoms with Gasteiger partial charge in [0.2, 0.25) is 5.95 Å². The van der Waals surface area contributed by atoms with Gasteiger partial charge in [0.1, 0.15) is 5.69 Å². The number of aromatic nitrogens is 2. The van der Waals surface area contributed by atoms with Crippen molar-refractivity contribution < 1.29 is 9.34 Å². The maximum Gasteiger partial charge on any atom is 0.356 e. The SMILES string of the molecule is N#CC(Cc1ccoc1)c1nc(N)[nH]c(=O)c1[N+](=O)[O-]. The fourth-order valence-electron chi connectivity index (χ4n) is 1.77. The number of hydrogen-bond donors (Lipinski definition) is 2. The van der Waals surface area contributed by atoms with Crippen LogP contribution in [0, 0.1) is 21.4 Å². The lowest BCUT2D eigenvalue weighted by molar-refractivity contribution is -0.387. The first-order valence-electron chi connectivity index (χ1n) is 5.47. The van der Waals surface area contributed by atoms with Gasteiger partial charge in [-0.2, -0.15) is 5.26 Å². The van der Waals surface area contributed by atoms with Crippen LogP contribution in [0.5, 0.6) is 0 Å². The quantitative estimate of drug-likeness (QED) is 0.615. The number of hydrogen-bond acceptors (Lipinski definition) is 7. The molecule has 0 aliphatic rings. The summed E-state index contributed by atoms with van der Waals surface area (Å²) in [6.45, 7) is 0. The summed E-state index contributed by atoms with van der Waals surface area (Å²) in [7, 11) is 0. The van der Waals surface area contributed by atoms with Crippen LogP contribution in [0.2, 0.25) is 0 Å². The second-order valence-corrected chi connectivity index (χ2v) is 3.96. The van der Waals surface area contributed by atoms with Crippen molar-refractivity contribution in [3.8, 4) is 6.07 Å². The molecule has 0 spiro atoms. The third-order valence-corrected chi connectivity index (χ3v) is 2.63. The summed E-state index contributed by atoms with van der Waals surface area (Å²) >= 11 is 0. The van der Waals surface area contributed by atoms with E-state index in [0.29, 0.717) is 5.56 Å². The molecule has 0 amide bonds. The Hall–Kier alpha value is -3.15. The Bertz CT molecular complexity index is 728. The highest BCUT2D eigenvalue weighted by Crippen LogP contribution is 2.25. The first-order chi connectivity index (χ1) is 9.52. The highest BCUT2D eigenvalue weighted by molar-refractivity contribution is 5.42. The van der Waals surface area contributed by atoms with Crippen molar-refractivity contribution in [1.29, 1.82) is 5.26 Å². The molecule has 102 valence electrons. The average Bonchev–Trinajstić information content (AvgIpc) is 2.87. The summed E-state index contributed by atoms with van der Waals surface area (Å²) in [4.78, 5) is 27.4. The van der Waals surface area contributed by atoms with Gasteiger partial charge in [-0.15, -0.1) is 0 Å². The van der Waals surface area contributed by atoms with Gasteiger partial charge in [0, 0.05) is 0 Å². The number of H-pyrrole nitrogens is 1. The molecule has 2 rings (SSSR count). The summed E-state index contributed by atoms with van der Waals surface area (Å²) in [6, 6.07) is 3.51. The van der Waals surface area contributed by atoms with Crippen molar-refractivity contribution in [2.24, 2.45) is 0 Å². The number of nitrogens with one attached hydrogen (secondary N) is 1. The molecule has 0 saturated heterocycles. The Balaban J connectivity index is 2.52. The Morgan fingerprint density at radius 3 is 2.95 bits per heavy atom. The Kier molecular flexibility index (Phi) is 3.47. The molecule has 0 aliphatic heterocycles. The lowest BCUT2D eigenvalue weighted by Crippen LogP contribution is -2.20. The molecule has 0 fully saturated rings. The van der Waals surface area contributed by atoms with Gasteiger partial charge < -0.3 is 10.2 Å². The number of nitrogens with two attached hydrogens (primary N) is 1. The predicted octanol–water partition coefficient (Wildman–Crippen LogP) is 0.703. The number of rotatable bonds is 4. The van der Waals surface area contributed by atoms with Crippen molar-refractivity contribution >= 4 is 11.6 Å². The topological polar surface area (TPSA) is 152 Å². The minimum Gasteiger partial charge on any atom is -0.472 e. The van der Waals surface area contributed by atoms with E-state index in [0.717, 1.165) is 0 Å². The van der Waals surface area contributed by atoms with E-state index in [-0.39, 0.29) is 18.1 Å². The second-order valence-electron chi connectivity index (χ2n) is 3.96. The van der Waals surface area contributed by atoms with Crippen molar-refractivity contribution in [3.63, 3.8) is 0 Å². The zero-order chi connectivity index (χ0) is 14.7. The second kappa shape index (κ2) is 5.23. The number of nitriles is 1. The number of nitrogens with zero attached hydrogens (tertiary/aromatic N) is 3. The summed E-state index contributed by atoms with van der Waals surface area (Å²) < 4.78 is 4.86. The maximum atomic E-state index is 11.6. The van der Waals surface area contributed by atoms with Crippen LogP contribution in [0.15, 0.2) is 27.8 Å². The number of nitrogen functional groups attached to an aromatic ring is 1. The molecule has 1 unspecified atom stereocenters. The van der Waals surface area contributed by atoms with Crippen LogP contribution < -0.4 is 11.3 Å². The van der Waals surface area contributed by atoms with Crippen LogP contribution in [0.4, 0.5) is 11.6 Å². The van der Waals surface area contributed by atoms with Crippen LogP contribution in [-0.2, 0) is 6.42 Å². The number of furan rings is 1. The van der Waals surface area contributed by atoms with Crippen LogP contribution in [0.1, 0.15) is 17.2 Å². The highest BCUT2D eigenvalue weighted by atomic mass is 16.6. The van der Waals surface area contributed by atoms with Crippen molar-refractivity contribution in [2.75, 3.05) is 5.73 Å². The van der Waals surface area contributed by atoms with E-state index in [1.165, 1.54) is 12.5 Å². The Morgan fingerprint density at radius 2 is 2.40 bits per heavy atom. The fraction of sp³-hybridized carbons (Fsp3) is 0.182. The van der Waals surface area contributed by atoms with Crippen LogP contribution in [0.25, 0.3) is 0 Å². The zero-order valence-corrected chi connectivity index (χ0v) is 10.1. The van der Waals surface area contributed by atoms with Gasteiger partial charge in [-0.1, -0.05) is 0 Å². The molecule has 9 heteroatoms. The lowest BCUT2D eigenvalue weighted by atomic mass is 9.98. The number of aromatic amines is 1. The van der Waals surface area contributed by atoms with Crippen LogP contribution in [-0.4, -0.2) is 14.9 Å². The van der Waals surface area contributed by atoms with Gasteiger partial charge in [-0.25, -0.2) is 4.98 Å². The molecule has 2 aromatic rings. The molecule has 2 aromatic heterocycles. The molecule has 0 saturated carbocycles. The smallest absolute Gasteiger partial charge is 0.356 e. The first kappa shape index (κ1) is 13.3. The third-order valence-electron chi connectivity index (χ3n) is 2.63. The number of nitro groups is 1. The van der Waals surface area contributed by atoms with Gasteiger partial charge in [0.05, 0.1) is 29.4 Å². The van der Waals surface area contributed by atoms with E-state index in [9.17, 15) is 20.2 Å². The monoisotopic (exact) mass is 275 g/mol. The van der Waals surface area contributed by atoms with Gasteiger partial charge in [-0.3, -0.25) is 19.9 Å². The normalized spacial score (nSPS) is 11.8. The highest BCUT2D eigenvalue weighted by Gasteiger charge is 2.28. The molecule has 20 heavy (non-hydrogen) atoms. The minimum absolute atomic E-state index is 0.129. The Labute approximate surface area is 111 Å². The van der Waals surface area contributed by atoms with Gasteiger partial charge in [0.15, 0.2) is 0 Å². The molecule has 9 nitrogen and oxygen atoms in total. The zero-order valence-electron chi connectivity index (χ0n) is 10.1. The van der Waals surface area contributed by atoms with E-state index >= 15 is 0 Å². The van der Waals surface area contributed by atoms with E-state index in [1.807, 2.05) is 11.1 Å². The van der Waals surface area contributed by atoms with E-state index in [4.69, 9.17) is 10.2 Å². The van der Waals surface area contributed by atoms with Crippen LogP contribution in [0.3, 0.4) is 0 Å². The van der Waals surface area contributed by atoms with Gasteiger partial charge >= 0.3 is 11.2 Å².